The van der Waals surface area contributed by atoms with Gasteiger partial charge < -0.3 is 19.3 Å². The molecule has 7 nitrogen and oxygen atoms in total. The Morgan fingerprint density at radius 1 is 0.821 bits per heavy atom. The Bertz CT molecular complexity index is 1360. The van der Waals surface area contributed by atoms with Gasteiger partial charge in [-0.05, 0) is 74.2 Å². The molecule has 1 unspecified atom stereocenters. The fraction of sp³-hybridized carbons (Fsp3) is 0.312. The van der Waals surface area contributed by atoms with Gasteiger partial charge in [-0.2, -0.15) is 0 Å². The van der Waals surface area contributed by atoms with E-state index in [0.29, 0.717) is 59.8 Å². The highest BCUT2D eigenvalue weighted by atomic mass is 16.5. The molecule has 3 aromatic carbocycles. The number of amides is 1. The zero-order chi connectivity index (χ0) is 28.1. The third kappa shape index (κ3) is 5.62. The highest BCUT2D eigenvalue weighted by Gasteiger charge is 2.47. The summed E-state index contributed by atoms with van der Waals surface area (Å²) < 4.78 is 17.0. The van der Waals surface area contributed by atoms with Gasteiger partial charge in [0.2, 0.25) is 0 Å². The number of hydrogen-bond acceptors (Lipinski definition) is 6. The summed E-state index contributed by atoms with van der Waals surface area (Å²) in [7, 11) is 0. The first kappa shape index (κ1) is 27.8. The van der Waals surface area contributed by atoms with Gasteiger partial charge in [-0.1, -0.05) is 38.1 Å². The number of benzene rings is 3. The summed E-state index contributed by atoms with van der Waals surface area (Å²) in [4.78, 5) is 28.5. The van der Waals surface area contributed by atoms with Crippen molar-refractivity contribution >= 4 is 23.1 Å². The quantitative estimate of drug-likeness (QED) is 0.180. The van der Waals surface area contributed by atoms with Crippen LogP contribution in [0, 0.1) is 0 Å². The summed E-state index contributed by atoms with van der Waals surface area (Å²) in [5.41, 5.74) is 2.67. The normalized spacial score (nSPS) is 16.6. The largest absolute Gasteiger partial charge is 0.507 e. The van der Waals surface area contributed by atoms with Gasteiger partial charge in [-0.3, -0.25) is 14.5 Å². The van der Waals surface area contributed by atoms with Crippen molar-refractivity contribution in [3.63, 3.8) is 0 Å². The summed E-state index contributed by atoms with van der Waals surface area (Å²) in [5.74, 6) is 0.125. The lowest BCUT2D eigenvalue weighted by molar-refractivity contribution is -0.132. The molecular weight excluding hydrogens is 494 g/mol. The smallest absolute Gasteiger partial charge is 0.300 e. The molecule has 1 fully saturated rings. The Balaban J connectivity index is 1.90. The minimum atomic E-state index is -0.842. The minimum Gasteiger partial charge on any atom is -0.507 e. The second-order valence-electron chi connectivity index (χ2n) is 9.44. The van der Waals surface area contributed by atoms with Crippen molar-refractivity contribution in [2.75, 3.05) is 24.7 Å². The van der Waals surface area contributed by atoms with Crippen LogP contribution in [0.2, 0.25) is 0 Å². The van der Waals surface area contributed by atoms with Gasteiger partial charge in [-0.25, -0.2) is 0 Å². The second-order valence-corrected chi connectivity index (χ2v) is 9.44. The van der Waals surface area contributed by atoms with Gasteiger partial charge in [0.15, 0.2) is 0 Å². The van der Waals surface area contributed by atoms with Crippen LogP contribution < -0.4 is 19.1 Å². The van der Waals surface area contributed by atoms with E-state index in [4.69, 9.17) is 14.2 Å². The van der Waals surface area contributed by atoms with Crippen molar-refractivity contribution in [2.24, 2.45) is 0 Å². The monoisotopic (exact) mass is 529 g/mol. The number of nitrogens with zero attached hydrogens (tertiary/aromatic N) is 1. The summed E-state index contributed by atoms with van der Waals surface area (Å²) in [5, 5.41) is 11.6. The molecule has 7 heteroatoms. The van der Waals surface area contributed by atoms with Crippen LogP contribution in [0.3, 0.4) is 0 Å². The average Bonchev–Trinajstić information content (AvgIpc) is 3.19. The van der Waals surface area contributed by atoms with Crippen molar-refractivity contribution in [3.05, 3.63) is 89.0 Å². The van der Waals surface area contributed by atoms with E-state index < -0.39 is 17.7 Å². The van der Waals surface area contributed by atoms with E-state index in [9.17, 15) is 14.7 Å². The molecule has 0 radical (unpaired) electrons. The van der Waals surface area contributed by atoms with Crippen LogP contribution in [0.4, 0.5) is 5.69 Å². The number of ketones is 1. The number of Topliss-reactive ketones (excluding diaryl/α,β-unsaturated/α-hetero) is 1. The molecule has 1 atom stereocenters. The summed E-state index contributed by atoms with van der Waals surface area (Å²) in [6, 6.07) is 19.0. The number of hydrogen-bond donors (Lipinski definition) is 1. The van der Waals surface area contributed by atoms with E-state index in [-0.39, 0.29) is 11.3 Å². The average molecular weight is 530 g/mol. The first-order valence-electron chi connectivity index (χ1n) is 13.3. The second kappa shape index (κ2) is 12.1. The number of carbonyl (C=O) groups is 2. The summed E-state index contributed by atoms with van der Waals surface area (Å²) in [6.45, 7) is 11.1. The molecule has 0 aromatic heterocycles. The molecule has 4 rings (SSSR count). The van der Waals surface area contributed by atoms with Crippen molar-refractivity contribution in [1.29, 1.82) is 0 Å². The van der Waals surface area contributed by atoms with Crippen molar-refractivity contribution in [3.8, 4) is 17.2 Å². The summed E-state index contributed by atoms with van der Waals surface area (Å²) in [6.07, 6.45) is 0. The molecule has 1 N–H and O–H groups in total. The first-order valence-corrected chi connectivity index (χ1v) is 13.3. The first-order chi connectivity index (χ1) is 18.8. The lowest BCUT2D eigenvalue weighted by Gasteiger charge is -2.26. The van der Waals surface area contributed by atoms with Crippen LogP contribution >= 0.6 is 0 Å². The molecule has 0 saturated carbocycles. The molecule has 1 aliphatic heterocycles. The number of aliphatic hydroxyl groups excluding tert-OH is 1. The van der Waals surface area contributed by atoms with E-state index in [1.165, 1.54) is 4.90 Å². The molecule has 204 valence electrons. The standard InChI is InChI=1S/C32H35NO6/c1-6-37-24-15-13-23(14-16-24)33-29(22-11-9-21(10-12-22)20(4)5)28(31(35)32(33)36)30(34)26-18-17-25(38-7-2)19-27(26)39-8-3/h9-20,29,34H,6-8H2,1-5H3/b30-28-. The van der Waals surface area contributed by atoms with Crippen molar-refractivity contribution in [1.82, 2.24) is 0 Å². The number of anilines is 1. The van der Waals surface area contributed by atoms with Crippen LogP contribution in [0.5, 0.6) is 17.2 Å². The highest BCUT2D eigenvalue weighted by Crippen LogP contribution is 2.44. The Kier molecular flexibility index (Phi) is 8.59. The number of aliphatic hydroxyl groups is 1. The molecule has 39 heavy (non-hydrogen) atoms. The van der Waals surface area contributed by atoms with E-state index in [1.807, 2.05) is 45.0 Å². The molecule has 1 aliphatic rings. The van der Waals surface area contributed by atoms with Crippen molar-refractivity contribution in [2.45, 2.75) is 46.6 Å². The van der Waals surface area contributed by atoms with E-state index in [1.54, 1.807) is 42.5 Å². The maximum atomic E-state index is 13.6. The zero-order valence-electron chi connectivity index (χ0n) is 23.1. The van der Waals surface area contributed by atoms with Gasteiger partial charge in [-0.15, -0.1) is 0 Å². The number of rotatable bonds is 10. The van der Waals surface area contributed by atoms with Gasteiger partial charge in [0.1, 0.15) is 23.0 Å². The van der Waals surface area contributed by atoms with Crippen LogP contribution in [-0.2, 0) is 9.59 Å². The topological polar surface area (TPSA) is 85.3 Å². The van der Waals surface area contributed by atoms with Gasteiger partial charge >= 0.3 is 0 Å². The number of ether oxygens (including phenoxy) is 3. The maximum Gasteiger partial charge on any atom is 0.300 e. The molecule has 0 aliphatic carbocycles. The van der Waals surface area contributed by atoms with Gasteiger partial charge in [0.25, 0.3) is 11.7 Å². The third-order valence-electron chi connectivity index (χ3n) is 6.61. The minimum absolute atomic E-state index is 0.00343. The lowest BCUT2D eigenvalue weighted by atomic mass is 9.93. The van der Waals surface area contributed by atoms with Gasteiger partial charge in [0.05, 0.1) is 37.0 Å². The van der Waals surface area contributed by atoms with Crippen molar-refractivity contribution < 1.29 is 28.9 Å². The SMILES string of the molecule is CCOc1ccc(N2C(=O)C(=O)/C(=C(\O)c3ccc(OCC)cc3OCC)C2c2ccc(C(C)C)cc2)cc1. The molecule has 0 bridgehead atoms. The number of carbonyl (C=O) groups excluding carboxylic acids is 2. The molecule has 1 amide bonds. The van der Waals surface area contributed by atoms with E-state index >= 15 is 0 Å². The van der Waals surface area contributed by atoms with Crippen LogP contribution in [0.15, 0.2) is 72.3 Å². The molecular formula is C32H35NO6. The Morgan fingerprint density at radius 3 is 2.00 bits per heavy atom. The van der Waals surface area contributed by atoms with E-state index in [2.05, 4.69) is 13.8 Å². The maximum absolute atomic E-state index is 13.6. The molecule has 0 spiro atoms. The Hall–Kier alpha value is -4.26. The predicted molar refractivity (Wildman–Crippen MR) is 152 cm³/mol. The van der Waals surface area contributed by atoms with Crippen LogP contribution in [0.1, 0.15) is 63.3 Å². The van der Waals surface area contributed by atoms with Crippen LogP contribution in [-0.4, -0.2) is 36.6 Å². The molecule has 1 heterocycles. The fourth-order valence-corrected chi connectivity index (χ4v) is 4.72. The summed E-state index contributed by atoms with van der Waals surface area (Å²) >= 11 is 0. The van der Waals surface area contributed by atoms with E-state index in [0.717, 1.165) is 5.56 Å². The third-order valence-corrected chi connectivity index (χ3v) is 6.61. The Morgan fingerprint density at radius 2 is 1.41 bits per heavy atom. The molecule has 1 saturated heterocycles. The zero-order valence-corrected chi connectivity index (χ0v) is 23.1. The highest BCUT2D eigenvalue weighted by molar-refractivity contribution is 6.51. The van der Waals surface area contributed by atoms with Gasteiger partial charge in [0, 0.05) is 11.8 Å². The lowest BCUT2D eigenvalue weighted by Crippen LogP contribution is -2.29. The Labute approximate surface area is 229 Å². The fourth-order valence-electron chi connectivity index (χ4n) is 4.72. The molecule has 3 aromatic rings. The van der Waals surface area contributed by atoms with Crippen LogP contribution in [0.25, 0.3) is 5.76 Å². The predicted octanol–water partition coefficient (Wildman–Crippen LogP) is 6.63.